The van der Waals surface area contributed by atoms with Crippen molar-refractivity contribution in [2.75, 3.05) is 5.73 Å². The van der Waals surface area contributed by atoms with Crippen LogP contribution in [0.1, 0.15) is 15.9 Å². The van der Waals surface area contributed by atoms with Crippen LogP contribution in [0.2, 0.25) is 0 Å². The molecule has 0 spiro atoms. The number of hydrogen-bond donors (Lipinski definition) is 1. The van der Waals surface area contributed by atoms with Gasteiger partial charge in [-0.1, -0.05) is 54.6 Å². The standard InChI is InChI=1S/C23H17N3O4S.Na/c24-22-19-9-5-4-8-18(19)21(31(28,29)30)14-20(22)26-25-17-12-10-16(11-13-17)23(27)15-6-2-1-3-7-15;/h1-14H,24H2,(H,28,29,30);/q;+1/p-1. The Kier molecular flexibility index (Phi) is 7.22. The van der Waals surface area contributed by atoms with Crippen LogP contribution in [0, 0.1) is 0 Å². The summed E-state index contributed by atoms with van der Waals surface area (Å²) in [6.07, 6.45) is 0. The Labute approximate surface area is 207 Å². The molecule has 0 saturated carbocycles. The maximum atomic E-state index is 12.5. The number of ketones is 1. The molecule has 0 heterocycles. The topological polar surface area (TPSA) is 125 Å². The molecule has 0 amide bonds. The van der Waals surface area contributed by atoms with Crippen LogP contribution in [0.3, 0.4) is 0 Å². The van der Waals surface area contributed by atoms with Crippen LogP contribution in [-0.4, -0.2) is 18.8 Å². The van der Waals surface area contributed by atoms with E-state index < -0.39 is 15.0 Å². The zero-order valence-corrected chi connectivity index (χ0v) is 19.9. The second-order valence-electron chi connectivity index (χ2n) is 6.75. The van der Waals surface area contributed by atoms with Gasteiger partial charge in [-0.05, 0) is 30.3 Å². The number of nitrogen functional groups attached to an aromatic ring is 1. The fraction of sp³-hybridized carbons (Fsp3) is 0. The maximum Gasteiger partial charge on any atom is 1.00 e. The first-order chi connectivity index (χ1) is 14.8. The second kappa shape index (κ2) is 9.72. The van der Waals surface area contributed by atoms with E-state index >= 15 is 0 Å². The number of hydrogen-bond acceptors (Lipinski definition) is 7. The molecule has 0 atom stereocenters. The van der Waals surface area contributed by atoms with Gasteiger partial charge in [0.25, 0.3) is 0 Å². The third-order valence-electron chi connectivity index (χ3n) is 4.73. The van der Waals surface area contributed by atoms with Crippen LogP contribution >= 0.6 is 0 Å². The first-order valence-electron chi connectivity index (χ1n) is 9.23. The molecule has 0 fully saturated rings. The van der Waals surface area contributed by atoms with Crippen molar-refractivity contribution in [3.05, 3.63) is 96.1 Å². The van der Waals surface area contributed by atoms with E-state index in [9.17, 15) is 17.8 Å². The largest absolute Gasteiger partial charge is 1.00 e. The van der Waals surface area contributed by atoms with E-state index in [0.717, 1.165) is 6.07 Å². The molecule has 2 N–H and O–H groups in total. The van der Waals surface area contributed by atoms with Gasteiger partial charge in [0.2, 0.25) is 0 Å². The van der Waals surface area contributed by atoms with E-state index in [-0.39, 0.29) is 52.1 Å². The molecule has 7 nitrogen and oxygen atoms in total. The molecule has 0 saturated heterocycles. The number of rotatable bonds is 5. The van der Waals surface area contributed by atoms with Crippen LogP contribution in [0.5, 0.6) is 0 Å². The molecule has 154 valence electrons. The Balaban J connectivity index is 0.00000289. The van der Waals surface area contributed by atoms with Gasteiger partial charge in [0, 0.05) is 21.9 Å². The van der Waals surface area contributed by atoms with E-state index in [2.05, 4.69) is 10.2 Å². The molecule has 4 aromatic rings. The summed E-state index contributed by atoms with van der Waals surface area (Å²) in [4.78, 5) is 12.1. The fourth-order valence-corrected chi connectivity index (χ4v) is 3.89. The van der Waals surface area contributed by atoms with E-state index in [4.69, 9.17) is 5.73 Å². The zero-order valence-electron chi connectivity index (χ0n) is 17.1. The average Bonchev–Trinajstić information content (AvgIpc) is 2.78. The van der Waals surface area contributed by atoms with Gasteiger partial charge < -0.3 is 10.3 Å². The van der Waals surface area contributed by atoms with Gasteiger partial charge in [-0.3, -0.25) is 4.79 Å². The predicted molar refractivity (Wildman–Crippen MR) is 117 cm³/mol. The molecule has 0 aliphatic carbocycles. The Morgan fingerprint density at radius 3 is 1.97 bits per heavy atom. The zero-order chi connectivity index (χ0) is 22.0. The SMILES string of the molecule is Nc1c(N=Nc2ccc(C(=O)c3ccccc3)cc2)cc(S(=O)(=O)[O-])c2ccccc12.[Na+]. The molecule has 0 radical (unpaired) electrons. The Bertz CT molecular complexity index is 1420. The summed E-state index contributed by atoms with van der Waals surface area (Å²) in [5.74, 6) is -0.117. The Morgan fingerprint density at radius 1 is 0.781 bits per heavy atom. The molecule has 0 unspecified atom stereocenters. The van der Waals surface area contributed by atoms with Gasteiger partial charge in [0.15, 0.2) is 5.78 Å². The van der Waals surface area contributed by atoms with Crippen molar-refractivity contribution in [1.82, 2.24) is 0 Å². The van der Waals surface area contributed by atoms with Gasteiger partial charge in [-0.2, -0.15) is 5.11 Å². The minimum absolute atomic E-state index is 0. The van der Waals surface area contributed by atoms with Gasteiger partial charge >= 0.3 is 29.6 Å². The van der Waals surface area contributed by atoms with E-state index in [1.54, 1.807) is 66.7 Å². The van der Waals surface area contributed by atoms with Crippen LogP contribution < -0.4 is 35.3 Å². The number of anilines is 1. The normalized spacial score (nSPS) is 11.4. The second-order valence-corrected chi connectivity index (χ2v) is 8.10. The van der Waals surface area contributed by atoms with Crippen LogP contribution in [0.25, 0.3) is 10.8 Å². The van der Waals surface area contributed by atoms with E-state index in [1.807, 2.05) is 6.07 Å². The van der Waals surface area contributed by atoms with Crippen LogP contribution in [0.4, 0.5) is 17.1 Å². The number of nitrogens with zero attached hydrogens (tertiary/aromatic N) is 2. The monoisotopic (exact) mass is 453 g/mol. The molecule has 4 aromatic carbocycles. The van der Waals surface area contributed by atoms with Crippen molar-refractivity contribution in [2.24, 2.45) is 10.2 Å². The summed E-state index contributed by atoms with van der Waals surface area (Å²) in [5, 5.41) is 8.76. The van der Waals surface area contributed by atoms with Crippen LogP contribution in [-0.2, 0) is 10.1 Å². The first kappa shape index (κ1) is 23.8. The number of nitrogens with two attached hydrogens (primary N) is 1. The predicted octanol–water partition coefficient (Wildman–Crippen LogP) is 1.98. The summed E-state index contributed by atoms with van der Waals surface area (Å²) >= 11 is 0. The van der Waals surface area contributed by atoms with E-state index in [0.29, 0.717) is 22.2 Å². The number of benzene rings is 4. The smallest absolute Gasteiger partial charge is 0.744 e. The third-order valence-corrected chi connectivity index (χ3v) is 5.61. The minimum atomic E-state index is -4.74. The molecule has 0 aliphatic heterocycles. The van der Waals surface area contributed by atoms with Crippen molar-refractivity contribution >= 4 is 43.7 Å². The molecular formula is C23H16N3NaO4S. The van der Waals surface area contributed by atoms with Crippen molar-refractivity contribution < 1.29 is 47.3 Å². The van der Waals surface area contributed by atoms with Gasteiger partial charge in [0.1, 0.15) is 15.8 Å². The fourth-order valence-electron chi connectivity index (χ4n) is 3.19. The maximum absolute atomic E-state index is 12.5. The summed E-state index contributed by atoms with van der Waals surface area (Å²) in [6, 6.07) is 22.9. The molecule has 32 heavy (non-hydrogen) atoms. The van der Waals surface area contributed by atoms with Gasteiger partial charge in [-0.25, -0.2) is 8.42 Å². The summed E-state index contributed by atoms with van der Waals surface area (Å²) in [7, 11) is -4.74. The summed E-state index contributed by atoms with van der Waals surface area (Å²) in [6.45, 7) is 0. The Hall–Kier alpha value is -2.88. The number of carbonyl (C=O) groups is 1. The van der Waals surface area contributed by atoms with Crippen molar-refractivity contribution in [3.8, 4) is 0 Å². The van der Waals surface area contributed by atoms with Gasteiger partial charge in [-0.15, -0.1) is 5.11 Å². The molecule has 0 bridgehead atoms. The number of fused-ring (bicyclic) bond motifs is 1. The summed E-state index contributed by atoms with van der Waals surface area (Å²) < 4.78 is 35.1. The molecular weight excluding hydrogens is 437 g/mol. The summed E-state index contributed by atoms with van der Waals surface area (Å²) in [5.41, 5.74) is 7.91. The molecule has 0 aliphatic rings. The molecule has 0 aromatic heterocycles. The number of carbonyl (C=O) groups excluding carboxylic acids is 1. The first-order valence-corrected chi connectivity index (χ1v) is 10.6. The van der Waals surface area contributed by atoms with Gasteiger partial charge in [0.05, 0.1) is 16.3 Å². The molecule has 4 rings (SSSR count). The average molecular weight is 453 g/mol. The Morgan fingerprint density at radius 2 is 1.34 bits per heavy atom. The van der Waals surface area contributed by atoms with Crippen molar-refractivity contribution in [3.63, 3.8) is 0 Å². The molecule has 9 heteroatoms. The minimum Gasteiger partial charge on any atom is -0.744 e. The quantitative estimate of drug-likeness (QED) is 0.163. The number of azo groups is 1. The van der Waals surface area contributed by atoms with Crippen molar-refractivity contribution in [2.45, 2.75) is 4.90 Å². The van der Waals surface area contributed by atoms with E-state index in [1.165, 1.54) is 6.07 Å². The van der Waals surface area contributed by atoms with Crippen molar-refractivity contribution in [1.29, 1.82) is 0 Å². The third kappa shape index (κ3) is 4.95. The van der Waals surface area contributed by atoms with Crippen LogP contribution in [0.15, 0.2) is 100 Å².